The van der Waals surface area contributed by atoms with E-state index in [9.17, 15) is 33.9 Å². The van der Waals surface area contributed by atoms with E-state index in [0.717, 1.165) is 0 Å². The van der Waals surface area contributed by atoms with Crippen molar-refractivity contribution in [3.63, 3.8) is 0 Å². The van der Waals surface area contributed by atoms with Crippen molar-refractivity contribution >= 4 is 35.6 Å². The molecule has 0 radical (unpaired) electrons. The number of carboxylic acids is 3. The zero-order valence-corrected chi connectivity index (χ0v) is 17.8. The van der Waals surface area contributed by atoms with Crippen LogP contribution in [0.3, 0.4) is 0 Å². The van der Waals surface area contributed by atoms with Gasteiger partial charge in [0.25, 0.3) is 0 Å². The number of nitrogens with zero attached hydrogens (tertiary/aromatic N) is 1. The fraction of sp³-hybridized carbons (Fsp3) is 0.500. The third kappa shape index (κ3) is 9.61. The van der Waals surface area contributed by atoms with Crippen molar-refractivity contribution in [2.75, 3.05) is 6.61 Å². The molecule has 1 rings (SSSR count). The van der Waals surface area contributed by atoms with Gasteiger partial charge in [0.05, 0.1) is 19.4 Å². The SMILES string of the molecule is NC(CO)C(=O)NC(CC(=O)O)C(=O)NC(Cc1cnc[nH]1)C(=O)NC(CCC(=O)O)C(=O)O. The Hall–Kier alpha value is -4.05. The highest BCUT2D eigenvalue weighted by Crippen LogP contribution is 2.05. The third-order valence-corrected chi connectivity index (χ3v) is 4.42. The van der Waals surface area contributed by atoms with Gasteiger partial charge in [-0.15, -0.1) is 0 Å². The number of aliphatic hydroxyl groups excluding tert-OH is 1. The lowest BCUT2D eigenvalue weighted by Crippen LogP contribution is -2.58. The van der Waals surface area contributed by atoms with Gasteiger partial charge in [0.1, 0.15) is 24.2 Å². The number of H-pyrrole nitrogens is 1. The Balaban J connectivity index is 3.06. The van der Waals surface area contributed by atoms with Gasteiger partial charge in [0, 0.05) is 24.7 Å². The van der Waals surface area contributed by atoms with Gasteiger partial charge in [0.2, 0.25) is 17.7 Å². The molecule has 0 aliphatic carbocycles. The molecule has 34 heavy (non-hydrogen) atoms. The van der Waals surface area contributed by atoms with Crippen LogP contribution in [-0.4, -0.2) is 96.8 Å². The smallest absolute Gasteiger partial charge is 0.326 e. The lowest BCUT2D eigenvalue weighted by atomic mass is 10.1. The van der Waals surface area contributed by atoms with Crippen LogP contribution < -0.4 is 21.7 Å². The van der Waals surface area contributed by atoms with E-state index in [0.29, 0.717) is 5.69 Å². The maximum Gasteiger partial charge on any atom is 0.326 e. The van der Waals surface area contributed by atoms with E-state index in [1.807, 2.05) is 0 Å². The minimum absolute atomic E-state index is 0.229. The minimum Gasteiger partial charge on any atom is -0.481 e. The molecule has 0 fully saturated rings. The Morgan fingerprint density at radius 3 is 2.00 bits per heavy atom. The molecule has 1 aromatic heterocycles. The Kier molecular flexibility index (Phi) is 11.1. The number of aromatic amines is 1. The topological polar surface area (TPSA) is 274 Å². The number of aliphatic carboxylic acids is 3. The predicted octanol–water partition coefficient (Wildman–Crippen LogP) is -3.85. The molecule has 0 aliphatic rings. The molecule has 0 bridgehead atoms. The molecule has 16 heteroatoms. The number of carboxylic acid groups (broad SMARTS) is 3. The van der Waals surface area contributed by atoms with Gasteiger partial charge in [0.15, 0.2) is 0 Å². The van der Waals surface area contributed by atoms with E-state index in [1.54, 1.807) is 0 Å². The molecule has 188 valence electrons. The minimum atomic E-state index is -1.68. The molecule has 0 saturated carbocycles. The summed E-state index contributed by atoms with van der Waals surface area (Å²) < 4.78 is 0. The van der Waals surface area contributed by atoms with E-state index in [2.05, 4.69) is 25.9 Å². The first kappa shape index (κ1) is 28.0. The van der Waals surface area contributed by atoms with Crippen molar-refractivity contribution < 1.29 is 49.2 Å². The molecule has 0 saturated heterocycles. The third-order valence-electron chi connectivity index (χ3n) is 4.42. The summed E-state index contributed by atoms with van der Waals surface area (Å²) in [6.45, 7) is -0.773. The number of hydrogen-bond donors (Lipinski definition) is 9. The Bertz CT molecular complexity index is 890. The standard InChI is InChI=1S/C18H26N6O10/c19-9(6-25)15(30)23-12(4-14(28)29)17(32)24-11(3-8-5-20-7-21-8)16(31)22-10(18(33)34)1-2-13(26)27/h5,7,9-12,25H,1-4,6,19H2,(H,20,21)(H,22,31)(H,23,30)(H,24,32)(H,26,27)(H,28,29)(H,33,34). The van der Waals surface area contributed by atoms with E-state index < -0.39 is 85.7 Å². The van der Waals surface area contributed by atoms with Gasteiger partial charge in [-0.2, -0.15) is 0 Å². The molecule has 0 spiro atoms. The summed E-state index contributed by atoms with van der Waals surface area (Å²) in [4.78, 5) is 77.1. The largest absolute Gasteiger partial charge is 0.481 e. The maximum atomic E-state index is 12.8. The van der Waals surface area contributed by atoms with Crippen LogP contribution in [0.5, 0.6) is 0 Å². The average Bonchev–Trinajstić information content (AvgIpc) is 3.27. The number of aromatic nitrogens is 2. The molecule has 4 unspecified atom stereocenters. The number of nitrogens with one attached hydrogen (secondary N) is 4. The van der Waals surface area contributed by atoms with Gasteiger partial charge in [-0.3, -0.25) is 24.0 Å². The van der Waals surface area contributed by atoms with Crippen LogP contribution in [0.4, 0.5) is 0 Å². The molecular weight excluding hydrogens is 460 g/mol. The van der Waals surface area contributed by atoms with E-state index in [4.69, 9.17) is 21.1 Å². The highest BCUT2D eigenvalue weighted by Gasteiger charge is 2.32. The summed E-state index contributed by atoms with van der Waals surface area (Å²) in [6, 6.07) is -6.15. The first-order valence-corrected chi connectivity index (χ1v) is 9.85. The van der Waals surface area contributed by atoms with Crippen molar-refractivity contribution in [2.24, 2.45) is 5.73 Å². The van der Waals surface area contributed by atoms with Crippen molar-refractivity contribution in [1.29, 1.82) is 0 Å². The van der Waals surface area contributed by atoms with Crippen LogP contribution in [0.25, 0.3) is 0 Å². The monoisotopic (exact) mass is 486 g/mol. The summed E-state index contributed by atoms with van der Waals surface area (Å²) in [5.41, 5.74) is 5.70. The van der Waals surface area contributed by atoms with Gasteiger partial charge in [-0.25, -0.2) is 9.78 Å². The van der Waals surface area contributed by atoms with Gasteiger partial charge in [-0.05, 0) is 6.42 Å². The zero-order chi connectivity index (χ0) is 25.8. The molecule has 1 aromatic rings. The highest BCUT2D eigenvalue weighted by molar-refractivity contribution is 5.95. The number of rotatable bonds is 15. The number of amides is 3. The van der Waals surface area contributed by atoms with Crippen LogP contribution in [0.2, 0.25) is 0 Å². The van der Waals surface area contributed by atoms with Gasteiger partial charge < -0.3 is 47.1 Å². The van der Waals surface area contributed by atoms with E-state index >= 15 is 0 Å². The lowest BCUT2D eigenvalue weighted by molar-refractivity contribution is -0.144. The zero-order valence-electron chi connectivity index (χ0n) is 17.8. The summed E-state index contributed by atoms with van der Waals surface area (Å²) in [7, 11) is 0. The molecule has 3 amide bonds. The molecule has 0 aliphatic heterocycles. The Morgan fingerprint density at radius 2 is 1.50 bits per heavy atom. The van der Waals surface area contributed by atoms with Crippen LogP contribution in [-0.2, 0) is 35.2 Å². The Labute approximate surface area is 191 Å². The van der Waals surface area contributed by atoms with E-state index in [-0.39, 0.29) is 6.42 Å². The molecule has 16 nitrogen and oxygen atoms in total. The molecule has 10 N–H and O–H groups in total. The second-order valence-corrected chi connectivity index (χ2v) is 7.12. The Morgan fingerprint density at radius 1 is 0.912 bits per heavy atom. The van der Waals surface area contributed by atoms with Crippen molar-refractivity contribution in [1.82, 2.24) is 25.9 Å². The molecule has 1 heterocycles. The van der Waals surface area contributed by atoms with Gasteiger partial charge >= 0.3 is 17.9 Å². The second-order valence-electron chi connectivity index (χ2n) is 7.12. The number of hydrogen-bond acceptors (Lipinski definition) is 9. The number of imidazole rings is 1. The number of carbonyl (C=O) groups is 6. The second kappa shape index (κ2) is 13.5. The van der Waals surface area contributed by atoms with Gasteiger partial charge in [-0.1, -0.05) is 0 Å². The maximum absolute atomic E-state index is 12.8. The number of nitrogens with two attached hydrogens (primary N) is 1. The lowest BCUT2D eigenvalue weighted by Gasteiger charge is -2.24. The van der Waals surface area contributed by atoms with Crippen LogP contribution in [0.1, 0.15) is 25.0 Å². The first-order valence-electron chi connectivity index (χ1n) is 9.85. The fourth-order valence-corrected chi connectivity index (χ4v) is 2.64. The molecule has 0 aromatic carbocycles. The fourth-order valence-electron chi connectivity index (χ4n) is 2.64. The average molecular weight is 486 g/mol. The normalized spacial score (nSPS) is 14.2. The van der Waals surface area contributed by atoms with Crippen LogP contribution >= 0.6 is 0 Å². The summed E-state index contributed by atoms with van der Waals surface area (Å²) >= 11 is 0. The quantitative estimate of drug-likeness (QED) is 0.115. The van der Waals surface area contributed by atoms with Crippen LogP contribution in [0.15, 0.2) is 12.5 Å². The van der Waals surface area contributed by atoms with E-state index in [1.165, 1.54) is 12.5 Å². The predicted molar refractivity (Wildman–Crippen MR) is 110 cm³/mol. The first-order chi connectivity index (χ1) is 15.9. The number of carbonyl (C=O) groups excluding carboxylic acids is 3. The number of aliphatic hydroxyl groups is 1. The van der Waals surface area contributed by atoms with Crippen molar-refractivity contribution in [3.8, 4) is 0 Å². The summed E-state index contributed by atoms with van der Waals surface area (Å²) in [6.07, 6.45) is 0.507. The molecular formula is C18H26N6O10. The molecule has 4 atom stereocenters. The van der Waals surface area contributed by atoms with Crippen molar-refractivity contribution in [2.45, 2.75) is 49.9 Å². The van der Waals surface area contributed by atoms with Crippen molar-refractivity contribution in [3.05, 3.63) is 18.2 Å². The van der Waals surface area contributed by atoms with Crippen LogP contribution in [0, 0.1) is 0 Å². The highest BCUT2D eigenvalue weighted by atomic mass is 16.4. The summed E-state index contributed by atoms with van der Waals surface area (Å²) in [5, 5.41) is 42.5. The summed E-state index contributed by atoms with van der Waals surface area (Å²) in [5.74, 6) is -7.37.